The third kappa shape index (κ3) is 4.42. The predicted octanol–water partition coefficient (Wildman–Crippen LogP) is 3.28. The molecule has 0 aliphatic carbocycles. The van der Waals surface area contributed by atoms with Crippen molar-refractivity contribution < 1.29 is 9.59 Å². The number of nitrogens with two attached hydrogens (primary N) is 1. The van der Waals surface area contributed by atoms with Crippen LogP contribution in [0.3, 0.4) is 0 Å². The Hall–Kier alpha value is -2.08. The molecule has 0 radical (unpaired) electrons. The Morgan fingerprint density at radius 1 is 0.966 bits per heavy atom. The molecule has 2 amide bonds. The molecular weight excluding hydrogens is 409 g/mol. The van der Waals surface area contributed by atoms with Crippen LogP contribution in [0.4, 0.5) is 0 Å². The molecule has 2 heterocycles. The van der Waals surface area contributed by atoms with Gasteiger partial charge in [-0.05, 0) is 36.1 Å². The van der Waals surface area contributed by atoms with Gasteiger partial charge in [-0.2, -0.15) is 0 Å². The molecule has 1 unspecified atom stereocenters. The number of carbonyl (C=O) groups is 2. The van der Waals surface area contributed by atoms with Gasteiger partial charge in [0.05, 0.1) is 10.6 Å². The average molecular weight is 434 g/mol. The molecule has 5 nitrogen and oxygen atoms in total. The van der Waals surface area contributed by atoms with E-state index < -0.39 is 6.04 Å². The molecule has 2 aromatic carbocycles. The van der Waals surface area contributed by atoms with E-state index in [9.17, 15) is 9.59 Å². The van der Waals surface area contributed by atoms with Crippen molar-refractivity contribution in [2.45, 2.75) is 37.9 Å². The Bertz CT molecular complexity index is 897. The smallest absolute Gasteiger partial charge is 0.256 e. The second-order valence-corrected chi connectivity index (χ2v) is 7.97. The zero-order chi connectivity index (χ0) is 19.7. The van der Waals surface area contributed by atoms with Crippen LogP contribution in [-0.4, -0.2) is 46.8 Å². The minimum Gasteiger partial charge on any atom is -0.341 e. The van der Waals surface area contributed by atoms with Crippen LogP contribution in [0.1, 0.15) is 34.3 Å². The summed E-state index contributed by atoms with van der Waals surface area (Å²) < 4.78 is 0. The van der Waals surface area contributed by atoms with Gasteiger partial charge in [0.25, 0.3) is 5.91 Å². The van der Waals surface area contributed by atoms with E-state index in [-0.39, 0.29) is 30.3 Å². The summed E-state index contributed by atoms with van der Waals surface area (Å²) in [5.74, 6) is -0.200. The number of halogens is 2. The van der Waals surface area contributed by atoms with E-state index in [2.05, 4.69) is 0 Å². The largest absolute Gasteiger partial charge is 0.341 e. The van der Waals surface area contributed by atoms with Gasteiger partial charge in [-0.3, -0.25) is 9.59 Å². The van der Waals surface area contributed by atoms with E-state index in [0.717, 1.165) is 24.0 Å². The number of fused-ring (bicyclic) bond motifs is 1. The van der Waals surface area contributed by atoms with Crippen LogP contribution in [0.25, 0.3) is 0 Å². The van der Waals surface area contributed by atoms with Crippen molar-refractivity contribution in [3.05, 3.63) is 70.2 Å². The average Bonchev–Trinajstić information content (AvgIpc) is 2.72. The van der Waals surface area contributed by atoms with Gasteiger partial charge in [0.1, 0.15) is 6.04 Å². The number of carbonyl (C=O) groups excluding carboxylic acids is 2. The van der Waals surface area contributed by atoms with Crippen LogP contribution in [0, 0.1) is 0 Å². The second-order valence-electron chi connectivity index (χ2n) is 7.56. The van der Waals surface area contributed by atoms with Crippen molar-refractivity contribution in [2.75, 3.05) is 13.1 Å². The van der Waals surface area contributed by atoms with E-state index in [4.69, 9.17) is 17.3 Å². The van der Waals surface area contributed by atoms with Crippen LogP contribution in [0.15, 0.2) is 48.5 Å². The highest BCUT2D eigenvalue weighted by molar-refractivity contribution is 6.33. The lowest BCUT2D eigenvalue weighted by Crippen LogP contribution is -2.55. The predicted molar refractivity (Wildman–Crippen MR) is 116 cm³/mol. The summed E-state index contributed by atoms with van der Waals surface area (Å²) in [7, 11) is 0. The topological polar surface area (TPSA) is 66.6 Å². The first-order chi connectivity index (χ1) is 13.5. The number of likely N-dealkylation sites (tertiary alicyclic amines) is 1. The van der Waals surface area contributed by atoms with E-state index in [1.54, 1.807) is 29.2 Å². The Labute approximate surface area is 182 Å². The lowest BCUT2D eigenvalue weighted by atomic mass is 9.92. The molecule has 7 heteroatoms. The fourth-order valence-electron chi connectivity index (χ4n) is 4.08. The molecule has 1 saturated heterocycles. The van der Waals surface area contributed by atoms with E-state index in [1.807, 2.05) is 29.2 Å². The minimum absolute atomic E-state index is 0. The van der Waals surface area contributed by atoms with Crippen molar-refractivity contribution in [1.29, 1.82) is 0 Å². The van der Waals surface area contributed by atoms with E-state index >= 15 is 0 Å². The van der Waals surface area contributed by atoms with Gasteiger partial charge < -0.3 is 15.5 Å². The van der Waals surface area contributed by atoms with Gasteiger partial charge in [-0.1, -0.05) is 48.0 Å². The van der Waals surface area contributed by atoms with Gasteiger partial charge in [0.2, 0.25) is 5.91 Å². The van der Waals surface area contributed by atoms with Gasteiger partial charge in [0, 0.05) is 32.1 Å². The van der Waals surface area contributed by atoms with Gasteiger partial charge >= 0.3 is 0 Å². The highest BCUT2D eigenvalue weighted by atomic mass is 35.5. The molecule has 2 aromatic rings. The maximum absolute atomic E-state index is 13.4. The fourth-order valence-corrected chi connectivity index (χ4v) is 4.29. The van der Waals surface area contributed by atoms with Crippen molar-refractivity contribution in [3.8, 4) is 0 Å². The van der Waals surface area contributed by atoms with Gasteiger partial charge in [0.15, 0.2) is 0 Å². The molecule has 4 rings (SSSR count). The maximum atomic E-state index is 13.4. The van der Waals surface area contributed by atoms with Crippen LogP contribution in [0.2, 0.25) is 5.02 Å². The lowest BCUT2D eigenvalue weighted by Gasteiger charge is -2.40. The van der Waals surface area contributed by atoms with Crippen LogP contribution < -0.4 is 5.73 Å². The SMILES string of the molecule is Cl.NC1CCN(C(=O)C2Cc3ccccc3CN2C(=O)c2ccccc2Cl)CC1. The van der Waals surface area contributed by atoms with Crippen LogP contribution >= 0.6 is 24.0 Å². The number of amides is 2. The van der Waals surface area contributed by atoms with E-state index in [0.29, 0.717) is 36.6 Å². The standard InChI is InChI=1S/C22H24ClN3O2.ClH/c23-19-8-4-3-7-18(19)21(27)26-14-16-6-2-1-5-15(16)13-20(26)22(28)25-11-9-17(24)10-12-25;/h1-8,17,20H,9-14,24H2;1H. The Morgan fingerprint density at radius 3 is 2.28 bits per heavy atom. The van der Waals surface area contributed by atoms with Crippen molar-refractivity contribution >= 4 is 35.8 Å². The molecule has 0 bridgehead atoms. The third-order valence-corrected chi connectivity index (χ3v) is 6.08. The normalized spacial score (nSPS) is 19.3. The van der Waals surface area contributed by atoms with Crippen molar-refractivity contribution in [2.24, 2.45) is 5.73 Å². The summed E-state index contributed by atoms with van der Waals surface area (Å²) in [6.07, 6.45) is 2.12. The molecule has 0 saturated carbocycles. The highest BCUT2D eigenvalue weighted by Crippen LogP contribution is 2.28. The summed E-state index contributed by atoms with van der Waals surface area (Å²) in [5.41, 5.74) is 8.62. The summed E-state index contributed by atoms with van der Waals surface area (Å²) >= 11 is 6.27. The van der Waals surface area contributed by atoms with Crippen LogP contribution in [0.5, 0.6) is 0 Å². The molecule has 2 aliphatic heterocycles. The second kappa shape index (κ2) is 9.16. The Morgan fingerprint density at radius 2 is 1.59 bits per heavy atom. The zero-order valence-electron chi connectivity index (χ0n) is 16.1. The number of hydrogen-bond donors (Lipinski definition) is 1. The Balaban J connectivity index is 0.00000240. The molecular formula is C22H25Cl2N3O2. The van der Waals surface area contributed by atoms with Gasteiger partial charge in [-0.25, -0.2) is 0 Å². The monoisotopic (exact) mass is 433 g/mol. The van der Waals surface area contributed by atoms with Gasteiger partial charge in [-0.15, -0.1) is 12.4 Å². The third-order valence-electron chi connectivity index (χ3n) is 5.75. The zero-order valence-corrected chi connectivity index (χ0v) is 17.7. The van der Waals surface area contributed by atoms with Crippen molar-refractivity contribution in [1.82, 2.24) is 9.80 Å². The number of rotatable bonds is 2. The minimum atomic E-state index is -0.520. The lowest BCUT2D eigenvalue weighted by molar-refractivity contribution is -0.137. The molecule has 0 spiro atoms. The van der Waals surface area contributed by atoms with E-state index in [1.165, 1.54) is 0 Å². The summed E-state index contributed by atoms with van der Waals surface area (Å²) in [6, 6.07) is 14.6. The molecule has 29 heavy (non-hydrogen) atoms. The number of benzene rings is 2. The summed E-state index contributed by atoms with van der Waals surface area (Å²) in [4.78, 5) is 30.2. The molecule has 154 valence electrons. The number of nitrogens with zero attached hydrogens (tertiary/aromatic N) is 2. The molecule has 2 aliphatic rings. The highest BCUT2D eigenvalue weighted by Gasteiger charge is 2.38. The molecule has 1 atom stereocenters. The molecule has 2 N–H and O–H groups in total. The first kappa shape index (κ1) is 21.6. The van der Waals surface area contributed by atoms with Crippen molar-refractivity contribution in [3.63, 3.8) is 0 Å². The quantitative estimate of drug-likeness (QED) is 0.789. The summed E-state index contributed by atoms with van der Waals surface area (Å²) in [5, 5.41) is 0.404. The molecule has 1 fully saturated rings. The number of piperidine rings is 1. The summed E-state index contributed by atoms with van der Waals surface area (Å²) in [6.45, 7) is 1.70. The van der Waals surface area contributed by atoms with Crippen LogP contribution in [-0.2, 0) is 17.8 Å². The maximum Gasteiger partial charge on any atom is 0.256 e. The first-order valence-electron chi connectivity index (χ1n) is 9.71. The fraction of sp³-hybridized carbons (Fsp3) is 0.364. The first-order valence-corrected chi connectivity index (χ1v) is 10.1. The molecule has 0 aromatic heterocycles. The Kier molecular flexibility index (Phi) is 6.83. The number of hydrogen-bond acceptors (Lipinski definition) is 3.